The third kappa shape index (κ3) is 3.73. The molecule has 168 valence electrons. The molecule has 1 aromatic heterocycles. The molecule has 0 spiro atoms. The number of hydrogen-bond acceptors (Lipinski definition) is 5. The summed E-state index contributed by atoms with van der Waals surface area (Å²) >= 11 is 0. The van der Waals surface area contributed by atoms with Crippen LogP contribution in [0.4, 0.5) is 5.69 Å². The van der Waals surface area contributed by atoms with Crippen LogP contribution in [0.3, 0.4) is 0 Å². The first-order valence-corrected chi connectivity index (χ1v) is 10.8. The summed E-state index contributed by atoms with van der Waals surface area (Å²) in [6, 6.07) is 29.3. The second-order valence-electron chi connectivity index (χ2n) is 7.94. The van der Waals surface area contributed by atoms with E-state index in [0.29, 0.717) is 5.69 Å². The predicted molar refractivity (Wildman–Crippen MR) is 129 cm³/mol. The molecule has 0 aliphatic carbocycles. The van der Waals surface area contributed by atoms with Crippen molar-refractivity contribution in [1.82, 2.24) is 4.90 Å². The Labute approximate surface area is 196 Å². The van der Waals surface area contributed by atoms with E-state index in [0.717, 1.165) is 16.7 Å². The summed E-state index contributed by atoms with van der Waals surface area (Å²) in [4.78, 5) is 32.4. The van der Waals surface area contributed by atoms with Crippen molar-refractivity contribution in [2.75, 3.05) is 5.32 Å². The molecular formula is C27H22N4O3. The molecule has 2 heterocycles. The highest BCUT2D eigenvalue weighted by Gasteiger charge is 2.50. The summed E-state index contributed by atoms with van der Waals surface area (Å²) in [7, 11) is 0. The van der Waals surface area contributed by atoms with Crippen LogP contribution in [-0.4, -0.2) is 22.7 Å². The summed E-state index contributed by atoms with van der Waals surface area (Å²) in [6.07, 6.45) is 1.44. The van der Waals surface area contributed by atoms with Crippen molar-refractivity contribution < 1.29 is 14.0 Å². The number of hydrogen-bond donors (Lipinski definition) is 2. The minimum absolute atomic E-state index is 0.141. The van der Waals surface area contributed by atoms with E-state index in [4.69, 9.17) is 15.1 Å². The Balaban J connectivity index is 1.44. The largest absolute Gasteiger partial charge is 0.459 e. The molecule has 5 rings (SSSR count). The number of aliphatic imine (C=N–C) groups is 1. The van der Waals surface area contributed by atoms with Gasteiger partial charge in [-0.25, -0.2) is 4.99 Å². The topological polar surface area (TPSA) is 101 Å². The van der Waals surface area contributed by atoms with Crippen LogP contribution in [0.15, 0.2) is 113 Å². The first-order valence-electron chi connectivity index (χ1n) is 10.8. The Morgan fingerprint density at radius 1 is 0.912 bits per heavy atom. The van der Waals surface area contributed by atoms with Gasteiger partial charge >= 0.3 is 0 Å². The summed E-state index contributed by atoms with van der Waals surface area (Å²) < 4.78 is 5.14. The van der Waals surface area contributed by atoms with E-state index >= 15 is 0 Å². The van der Waals surface area contributed by atoms with Crippen LogP contribution in [0.2, 0.25) is 0 Å². The lowest BCUT2D eigenvalue weighted by Crippen LogP contribution is -2.43. The van der Waals surface area contributed by atoms with Crippen molar-refractivity contribution in [3.05, 3.63) is 126 Å². The van der Waals surface area contributed by atoms with Gasteiger partial charge in [0.25, 0.3) is 11.8 Å². The van der Waals surface area contributed by atoms with E-state index in [9.17, 15) is 9.59 Å². The van der Waals surface area contributed by atoms with Gasteiger partial charge in [0.15, 0.2) is 17.3 Å². The highest BCUT2D eigenvalue weighted by atomic mass is 16.3. The molecule has 2 amide bonds. The van der Waals surface area contributed by atoms with Crippen LogP contribution in [0.5, 0.6) is 0 Å². The monoisotopic (exact) mass is 450 g/mol. The van der Waals surface area contributed by atoms with Crippen molar-refractivity contribution >= 4 is 23.5 Å². The van der Waals surface area contributed by atoms with Crippen molar-refractivity contribution in [3.63, 3.8) is 0 Å². The molecule has 3 aromatic carbocycles. The summed E-state index contributed by atoms with van der Waals surface area (Å²) in [5.74, 6) is -0.227. The van der Waals surface area contributed by atoms with Crippen LogP contribution < -0.4 is 11.1 Å². The molecule has 0 saturated carbocycles. The van der Waals surface area contributed by atoms with E-state index in [1.807, 2.05) is 72.8 Å². The Morgan fingerprint density at radius 2 is 1.59 bits per heavy atom. The number of furan rings is 1. The smallest absolute Gasteiger partial charge is 0.291 e. The highest BCUT2D eigenvalue weighted by molar-refractivity contribution is 6.09. The standard InChI is InChI=1S/C27H22N4O3/c28-26-30-27(20-10-3-1-4-11-20,21-12-5-2-6-13-21)25(33)31(26)18-19-9-7-14-22(17-19)29-24(32)23-15-8-16-34-23/h1-17H,18H2,(H2,28,30)(H,29,32). The maximum atomic E-state index is 13.9. The lowest BCUT2D eigenvalue weighted by Gasteiger charge is -2.27. The Kier molecular flexibility index (Phi) is 5.43. The van der Waals surface area contributed by atoms with Gasteiger partial charge in [-0.2, -0.15) is 0 Å². The van der Waals surface area contributed by atoms with Crippen LogP contribution >= 0.6 is 0 Å². The normalized spacial score (nSPS) is 14.6. The molecule has 0 fully saturated rings. The number of rotatable bonds is 6. The molecule has 34 heavy (non-hydrogen) atoms. The van der Waals surface area contributed by atoms with E-state index in [1.165, 1.54) is 11.2 Å². The minimum Gasteiger partial charge on any atom is -0.459 e. The number of guanidine groups is 1. The van der Waals surface area contributed by atoms with Gasteiger partial charge < -0.3 is 15.5 Å². The molecule has 7 nitrogen and oxygen atoms in total. The van der Waals surface area contributed by atoms with Crippen molar-refractivity contribution in [2.45, 2.75) is 12.1 Å². The van der Waals surface area contributed by atoms with Gasteiger partial charge in [-0.1, -0.05) is 72.8 Å². The van der Waals surface area contributed by atoms with Gasteiger partial charge in [0.05, 0.1) is 12.8 Å². The first-order chi connectivity index (χ1) is 16.6. The number of nitrogens with two attached hydrogens (primary N) is 1. The number of carbonyl (C=O) groups is 2. The molecule has 0 unspecified atom stereocenters. The van der Waals surface area contributed by atoms with E-state index in [2.05, 4.69) is 5.32 Å². The predicted octanol–water partition coefficient (Wildman–Crippen LogP) is 4.13. The van der Waals surface area contributed by atoms with Crippen LogP contribution in [0, 0.1) is 0 Å². The maximum absolute atomic E-state index is 13.9. The second-order valence-corrected chi connectivity index (χ2v) is 7.94. The molecule has 0 atom stereocenters. The molecule has 1 aliphatic heterocycles. The van der Waals surface area contributed by atoms with E-state index in [1.54, 1.807) is 24.3 Å². The fourth-order valence-electron chi connectivity index (χ4n) is 4.16. The van der Waals surface area contributed by atoms with Gasteiger partial charge in [-0.15, -0.1) is 0 Å². The molecule has 7 heteroatoms. The number of anilines is 1. The van der Waals surface area contributed by atoms with Crippen molar-refractivity contribution in [1.29, 1.82) is 0 Å². The number of amides is 2. The second kappa shape index (κ2) is 8.71. The molecule has 1 aliphatic rings. The highest BCUT2D eigenvalue weighted by Crippen LogP contribution is 2.40. The van der Waals surface area contributed by atoms with Crippen LogP contribution in [0.1, 0.15) is 27.2 Å². The zero-order valence-electron chi connectivity index (χ0n) is 18.2. The molecule has 0 radical (unpaired) electrons. The average molecular weight is 450 g/mol. The number of benzene rings is 3. The lowest BCUT2D eigenvalue weighted by atomic mass is 9.83. The molecule has 4 aromatic rings. The maximum Gasteiger partial charge on any atom is 0.291 e. The third-order valence-electron chi connectivity index (χ3n) is 5.77. The number of carbonyl (C=O) groups excluding carboxylic acids is 2. The molecule has 3 N–H and O–H groups in total. The van der Waals surface area contributed by atoms with Gasteiger partial charge in [-0.05, 0) is 41.0 Å². The zero-order chi connectivity index (χ0) is 23.5. The Hall–Kier alpha value is -4.65. The van der Waals surface area contributed by atoms with E-state index < -0.39 is 5.54 Å². The summed E-state index contributed by atoms with van der Waals surface area (Å²) in [5.41, 5.74) is 7.94. The van der Waals surface area contributed by atoms with Gasteiger partial charge in [0.1, 0.15) is 0 Å². The lowest BCUT2D eigenvalue weighted by molar-refractivity contribution is -0.130. The van der Waals surface area contributed by atoms with Crippen molar-refractivity contribution in [3.8, 4) is 0 Å². The third-order valence-corrected chi connectivity index (χ3v) is 5.77. The number of nitrogens with one attached hydrogen (secondary N) is 1. The van der Waals surface area contributed by atoms with Crippen LogP contribution in [0.25, 0.3) is 0 Å². The fourth-order valence-corrected chi connectivity index (χ4v) is 4.16. The van der Waals surface area contributed by atoms with Crippen molar-refractivity contribution in [2.24, 2.45) is 10.7 Å². The zero-order valence-corrected chi connectivity index (χ0v) is 18.2. The number of nitrogens with zero attached hydrogens (tertiary/aromatic N) is 2. The molecule has 0 saturated heterocycles. The average Bonchev–Trinajstić information content (AvgIpc) is 3.49. The quantitative estimate of drug-likeness (QED) is 0.461. The molecule has 0 bridgehead atoms. The first kappa shape index (κ1) is 21.2. The SMILES string of the molecule is NC1=NC(c2ccccc2)(c2ccccc2)C(=O)N1Cc1cccc(NC(=O)c2ccco2)c1. The summed E-state index contributed by atoms with van der Waals surface area (Å²) in [5, 5.41) is 2.80. The van der Waals surface area contributed by atoms with Gasteiger partial charge in [-0.3, -0.25) is 14.5 Å². The Bertz CT molecular complexity index is 1310. The van der Waals surface area contributed by atoms with Gasteiger partial charge in [0.2, 0.25) is 0 Å². The van der Waals surface area contributed by atoms with Crippen LogP contribution in [-0.2, 0) is 16.9 Å². The van der Waals surface area contributed by atoms with E-state index in [-0.39, 0.29) is 30.1 Å². The fraction of sp³-hybridized carbons (Fsp3) is 0.0741. The summed E-state index contributed by atoms with van der Waals surface area (Å²) in [6.45, 7) is 0.208. The molecular weight excluding hydrogens is 428 g/mol. The van der Waals surface area contributed by atoms with Gasteiger partial charge in [0, 0.05) is 5.69 Å². The minimum atomic E-state index is -1.25. The Morgan fingerprint density at radius 3 is 2.21 bits per heavy atom.